The molecule has 3 nitrogen and oxygen atoms in total. The molecule has 0 bridgehead atoms. The Labute approximate surface area is 127 Å². The maximum absolute atomic E-state index is 14.4. The summed E-state index contributed by atoms with van der Waals surface area (Å²) in [6.45, 7) is 2.58. The number of aliphatic hydroxyl groups is 1. The van der Waals surface area contributed by atoms with Gasteiger partial charge in [-0.05, 0) is 35.7 Å². The summed E-state index contributed by atoms with van der Waals surface area (Å²) in [5.41, 5.74) is 2.64. The molecule has 3 rings (SSSR count). The van der Waals surface area contributed by atoms with Crippen LogP contribution in [0.1, 0.15) is 12.5 Å². The zero-order valence-electron chi connectivity index (χ0n) is 12.2. The highest BCUT2D eigenvalue weighted by Gasteiger charge is 2.11. The van der Waals surface area contributed by atoms with Crippen molar-refractivity contribution in [3.8, 4) is 11.1 Å². The van der Waals surface area contributed by atoms with Crippen molar-refractivity contribution in [1.29, 1.82) is 0 Å². The van der Waals surface area contributed by atoms with Crippen LogP contribution in [0.3, 0.4) is 0 Å². The van der Waals surface area contributed by atoms with Gasteiger partial charge in [0.25, 0.3) is 0 Å². The van der Waals surface area contributed by atoms with E-state index in [1.54, 1.807) is 18.3 Å². The van der Waals surface area contributed by atoms with Gasteiger partial charge < -0.3 is 9.67 Å². The molecular formula is C18H16FNO2. The monoisotopic (exact) mass is 297 g/mol. The number of aromatic nitrogens is 1. The fourth-order valence-electron chi connectivity index (χ4n) is 2.63. The number of aryl methyl sites for hydroxylation is 1. The van der Waals surface area contributed by atoms with Gasteiger partial charge in [0.15, 0.2) is 5.43 Å². The third-order valence-electron chi connectivity index (χ3n) is 3.84. The van der Waals surface area contributed by atoms with Gasteiger partial charge >= 0.3 is 0 Å². The second-order valence-corrected chi connectivity index (χ2v) is 5.17. The van der Waals surface area contributed by atoms with Crippen molar-refractivity contribution in [2.75, 3.05) is 0 Å². The number of halogens is 1. The fraction of sp³-hybridized carbons (Fsp3) is 0.167. The summed E-state index contributed by atoms with van der Waals surface area (Å²) in [6, 6.07) is 11.9. The van der Waals surface area contributed by atoms with Gasteiger partial charge in [-0.15, -0.1) is 0 Å². The summed E-state index contributed by atoms with van der Waals surface area (Å²) >= 11 is 0. The first-order chi connectivity index (χ1) is 10.6. The van der Waals surface area contributed by atoms with Crippen molar-refractivity contribution in [2.24, 2.45) is 0 Å². The summed E-state index contributed by atoms with van der Waals surface area (Å²) in [7, 11) is 0. The van der Waals surface area contributed by atoms with Gasteiger partial charge in [0.1, 0.15) is 5.82 Å². The number of rotatable bonds is 3. The molecule has 0 saturated carbocycles. The van der Waals surface area contributed by atoms with Gasteiger partial charge in [-0.1, -0.05) is 24.3 Å². The van der Waals surface area contributed by atoms with E-state index in [1.807, 2.05) is 29.7 Å². The molecule has 0 spiro atoms. The standard InChI is InChI=1S/C18H16FNO2/c1-2-20-8-7-17(22)18-15(19)9-14(10-16(18)20)13-5-3-12(11-21)4-6-13/h3-10,21H,2,11H2,1H3. The third kappa shape index (κ3) is 2.42. The Kier molecular flexibility index (Phi) is 3.77. The number of pyridine rings is 1. The smallest absolute Gasteiger partial charge is 0.192 e. The van der Waals surface area contributed by atoms with Gasteiger partial charge in [-0.3, -0.25) is 4.79 Å². The maximum atomic E-state index is 14.4. The van der Waals surface area contributed by atoms with E-state index in [2.05, 4.69) is 0 Å². The lowest BCUT2D eigenvalue weighted by Crippen LogP contribution is -2.09. The number of fused-ring (bicyclic) bond motifs is 1. The minimum Gasteiger partial charge on any atom is -0.392 e. The lowest BCUT2D eigenvalue weighted by atomic mass is 10.0. The summed E-state index contributed by atoms with van der Waals surface area (Å²) in [6.07, 6.45) is 1.68. The summed E-state index contributed by atoms with van der Waals surface area (Å²) in [4.78, 5) is 11.9. The van der Waals surface area contributed by atoms with Gasteiger partial charge in [0.05, 0.1) is 17.5 Å². The Balaban J connectivity index is 2.25. The molecule has 2 aromatic carbocycles. The second-order valence-electron chi connectivity index (χ2n) is 5.17. The first-order valence-electron chi connectivity index (χ1n) is 7.17. The SMILES string of the molecule is CCn1ccc(=O)c2c(F)cc(-c3ccc(CO)cc3)cc21. The number of aliphatic hydroxyl groups excluding tert-OH is 1. The predicted octanol–water partition coefficient (Wildman–Crippen LogP) is 3.32. The van der Waals surface area contributed by atoms with E-state index in [4.69, 9.17) is 5.11 Å². The van der Waals surface area contributed by atoms with Crippen LogP contribution in [0.4, 0.5) is 4.39 Å². The van der Waals surface area contributed by atoms with Gasteiger partial charge in [-0.25, -0.2) is 4.39 Å². The largest absolute Gasteiger partial charge is 0.392 e. The van der Waals surface area contributed by atoms with E-state index in [-0.39, 0.29) is 17.4 Å². The molecular weight excluding hydrogens is 281 g/mol. The van der Waals surface area contributed by atoms with Gasteiger partial charge in [0.2, 0.25) is 0 Å². The van der Waals surface area contributed by atoms with E-state index in [0.29, 0.717) is 17.6 Å². The average molecular weight is 297 g/mol. The van der Waals surface area contributed by atoms with Crippen molar-refractivity contribution in [1.82, 2.24) is 4.57 Å². The van der Waals surface area contributed by atoms with E-state index < -0.39 is 5.82 Å². The Morgan fingerprint density at radius 1 is 1.09 bits per heavy atom. The second kappa shape index (κ2) is 5.73. The summed E-state index contributed by atoms with van der Waals surface area (Å²) < 4.78 is 16.3. The number of hydrogen-bond donors (Lipinski definition) is 1. The quantitative estimate of drug-likeness (QED) is 0.806. The molecule has 0 unspecified atom stereocenters. The topological polar surface area (TPSA) is 42.2 Å². The molecule has 0 radical (unpaired) electrons. The van der Waals surface area contributed by atoms with E-state index >= 15 is 0 Å². The van der Waals surface area contributed by atoms with Crippen molar-refractivity contribution in [3.05, 3.63) is 70.3 Å². The predicted molar refractivity (Wildman–Crippen MR) is 85.2 cm³/mol. The highest BCUT2D eigenvalue weighted by Crippen LogP contribution is 2.26. The minimum atomic E-state index is -0.508. The van der Waals surface area contributed by atoms with Gasteiger partial charge in [0, 0.05) is 18.8 Å². The van der Waals surface area contributed by atoms with Gasteiger partial charge in [-0.2, -0.15) is 0 Å². The molecule has 0 fully saturated rings. The lowest BCUT2D eigenvalue weighted by Gasteiger charge is -2.11. The van der Waals surface area contributed by atoms with Crippen LogP contribution in [0.5, 0.6) is 0 Å². The number of hydrogen-bond acceptors (Lipinski definition) is 2. The molecule has 0 amide bonds. The first-order valence-corrected chi connectivity index (χ1v) is 7.17. The molecule has 1 heterocycles. The number of benzene rings is 2. The molecule has 4 heteroatoms. The molecule has 0 saturated heterocycles. The molecule has 112 valence electrons. The fourth-order valence-corrected chi connectivity index (χ4v) is 2.63. The Hall–Kier alpha value is -2.46. The molecule has 1 aromatic heterocycles. The van der Waals surface area contributed by atoms with E-state index in [1.165, 1.54) is 12.1 Å². The number of nitrogens with zero attached hydrogens (tertiary/aromatic N) is 1. The highest BCUT2D eigenvalue weighted by molar-refractivity contribution is 5.85. The summed E-state index contributed by atoms with van der Waals surface area (Å²) in [5.74, 6) is -0.508. The Morgan fingerprint density at radius 2 is 1.82 bits per heavy atom. The Bertz CT molecular complexity index is 882. The molecule has 22 heavy (non-hydrogen) atoms. The van der Waals surface area contributed by atoms with Crippen molar-refractivity contribution < 1.29 is 9.50 Å². The normalized spacial score (nSPS) is 11.0. The van der Waals surface area contributed by atoms with Crippen LogP contribution in [0.2, 0.25) is 0 Å². The zero-order valence-corrected chi connectivity index (χ0v) is 12.2. The maximum Gasteiger partial charge on any atom is 0.192 e. The van der Waals surface area contributed by atoms with E-state index in [0.717, 1.165) is 11.1 Å². The van der Waals surface area contributed by atoms with Crippen LogP contribution in [-0.2, 0) is 13.2 Å². The molecule has 0 atom stereocenters. The van der Waals surface area contributed by atoms with Crippen LogP contribution in [-0.4, -0.2) is 9.67 Å². The Morgan fingerprint density at radius 3 is 2.45 bits per heavy atom. The van der Waals surface area contributed by atoms with Crippen LogP contribution in [0.25, 0.3) is 22.0 Å². The lowest BCUT2D eigenvalue weighted by molar-refractivity contribution is 0.282. The van der Waals surface area contributed by atoms with Crippen LogP contribution < -0.4 is 5.43 Å². The van der Waals surface area contributed by atoms with Crippen LogP contribution in [0.15, 0.2) is 53.5 Å². The average Bonchev–Trinajstić information content (AvgIpc) is 2.55. The first kappa shape index (κ1) is 14.5. The molecule has 1 N–H and O–H groups in total. The molecule has 3 aromatic rings. The van der Waals surface area contributed by atoms with Crippen molar-refractivity contribution in [3.63, 3.8) is 0 Å². The van der Waals surface area contributed by atoms with Crippen molar-refractivity contribution >= 4 is 10.9 Å². The van der Waals surface area contributed by atoms with Crippen LogP contribution >= 0.6 is 0 Å². The minimum absolute atomic E-state index is 0.0261. The summed E-state index contributed by atoms with van der Waals surface area (Å²) in [5, 5.41) is 9.21. The molecule has 0 aliphatic heterocycles. The van der Waals surface area contributed by atoms with E-state index in [9.17, 15) is 9.18 Å². The molecule has 0 aliphatic carbocycles. The van der Waals surface area contributed by atoms with Crippen LogP contribution in [0, 0.1) is 5.82 Å². The zero-order chi connectivity index (χ0) is 15.7. The van der Waals surface area contributed by atoms with Crippen molar-refractivity contribution in [2.45, 2.75) is 20.1 Å². The highest BCUT2D eigenvalue weighted by atomic mass is 19.1. The molecule has 0 aliphatic rings. The third-order valence-corrected chi connectivity index (χ3v) is 3.84.